The largest absolute Gasteiger partial charge is 0.381 e. The molecular formula is C31H43N7O4. The number of hydrogen-bond acceptors (Lipinski definition) is 8. The Bertz CT molecular complexity index is 1310. The summed E-state index contributed by atoms with van der Waals surface area (Å²) in [7, 11) is 0. The Balaban J connectivity index is 1.36. The average Bonchev–Trinajstić information content (AvgIpc) is 3.65. The molecule has 0 aromatic carbocycles. The first-order valence-electron chi connectivity index (χ1n) is 15.9. The van der Waals surface area contributed by atoms with E-state index >= 15 is 0 Å². The Morgan fingerprint density at radius 3 is 2.14 bits per heavy atom. The van der Waals surface area contributed by atoms with Gasteiger partial charge in [-0.25, -0.2) is 14.5 Å². The Morgan fingerprint density at radius 1 is 0.929 bits per heavy atom. The molecule has 0 atom stereocenters. The van der Waals surface area contributed by atoms with E-state index in [0.717, 1.165) is 93.8 Å². The molecule has 11 nitrogen and oxygen atoms in total. The minimum atomic E-state index is -1.85. The number of nitrogens with one attached hydrogen (secondary N) is 4. The number of pyridine rings is 1. The minimum Gasteiger partial charge on any atom is -0.381 e. The van der Waals surface area contributed by atoms with Crippen molar-refractivity contribution in [2.75, 3.05) is 5.32 Å². The highest BCUT2D eigenvalue weighted by Crippen LogP contribution is 2.36. The van der Waals surface area contributed by atoms with Crippen LogP contribution in [0.1, 0.15) is 102 Å². The zero-order valence-electron chi connectivity index (χ0n) is 24.5. The molecule has 42 heavy (non-hydrogen) atoms. The van der Waals surface area contributed by atoms with Gasteiger partial charge in [0.25, 0.3) is 17.4 Å². The van der Waals surface area contributed by atoms with Crippen LogP contribution in [0.5, 0.6) is 0 Å². The summed E-state index contributed by atoms with van der Waals surface area (Å²) in [6.45, 7) is 2.68. The van der Waals surface area contributed by atoms with Crippen LogP contribution in [0.4, 0.5) is 5.69 Å². The second-order valence-electron chi connectivity index (χ2n) is 12.3. The number of amides is 2. The lowest BCUT2D eigenvalue weighted by Crippen LogP contribution is -2.60. The van der Waals surface area contributed by atoms with Crippen LogP contribution in [-0.4, -0.2) is 56.1 Å². The van der Waals surface area contributed by atoms with E-state index in [4.69, 9.17) is 9.82 Å². The maximum Gasteiger partial charge on any atom is 0.271 e. The van der Waals surface area contributed by atoms with E-state index in [-0.39, 0.29) is 18.1 Å². The molecule has 4 aliphatic rings. The molecule has 2 amide bonds. The number of aryl methyl sites for hydroxylation is 1. The van der Waals surface area contributed by atoms with Gasteiger partial charge < -0.3 is 16.0 Å². The van der Waals surface area contributed by atoms with Crippen LogP contribution in [0.25, 0.3) is 16.7 Å². The van der Waals surface area contributed by atoms with Crippen molar-refractivity contribution < 1.29 is 19.2 Å². The van der Waals surface area contributed by atoms with Gasteiger partial charge in [-0.05, 0) is 51.5 Å². The van der Waals surface area contributed by atoms with Gasteiger partial charge in [0.05, 0.1) is 23.0 Å². The number of ketones is 1. The summed E-state index contributed by atoms with van der Waals surface area (Å²) in [5.41, 5.74) is 3.84. The third-order valence-corrected chi connectivity index (χ3v) is 9.37. The van der Waals surface area contributed by atoms with Crippen molar-refractivity contribution in [1.29, 1.82) is 0 Å². The van der Waals surface area contributed by atoms with Gasteiger partial charge in [-0.15, -0.1) is 0 Å². The van der Waals surface area contributed by atoms with E-state index in [9.17, 15) is 14.4 Å². The summed E-state index contributed by atoms with van der Waals surface area (Å²) in [5.74, 6) is -0.602. The molecule has 11 heteroatoms. The van der Waals surface area contributed by atoms with Crippen molar-refractivity contribution in [2.24, 2.45) is 0 Å². The van der Waals surface area contributed by atoms with Crippen LogP contribution in [0.15, 0.2) is 18.5 Å². The van der Waals surface area contributed by atoms with Gasteiger partial charge in [0, 0.05) is 49.3 Å². The van der Waals surface area contributed by atoms with Gasteiger partial charge in [-0.3, -0.25) is 19.9 Å². The summed E-state index contributed by atoms with van der Waals surface area (Å²) in [5, 5.41) is 15.3. The number of anilines is 1. The number of fused-ring (bicyclic) bond motifs is 1. The molecule has 4 N–H and O–H groups in total. The van der Waals surface area contributed by atoms with Crippen LogP contribution in [0, 0.1) is 0 Å². The molecule has 3 aliphatic carbocycles. The summed E-state index contributed by atoms with van der Waals surface area (Å²) < 4.78 is 1.83. The molecule has 1 aliphatic heterocycles. The van der Waals surface area contributed by atoms with Crippen LogP contribution in [0.2, 0.25) is 0 Å². The van der Waals surface area contributed by atoms with Crippen LogP contribution < -0.4 is 21.4 Å². The highest BCUT2D eigenvalue weighted by molar-refractivity contribution is 6.13. The van der Waals surface area contributed by atoms with Crippen molar-refractivity contribution in [3.63, 3.8) is 0 Å². The fraction of sp³-hybridized carbons (Fsp3) is 0.645. The average molecular weight is 578 g/mol. The van der Waals surface area contributed by atoms with Crippen molar-refractivity contribution in [3.8, 4) is 0 Å². The molecule has 0 bridgehead atoms. The Kier molecular flexibility index (Phi) is 8.46. The summed E-state index contributed by atoms with van der Waals surface area (Å²) in [6, 6.07) is 0.153. The zero-order valence-corrected chi connectivity index (χ0v) is 24.5. The second-order valence-corrected chi connectivity index (χ2v) is 12.3. The van der Waals surface area contributed by atoms with Gasteiger partial charge in [-0.2, -0.15) is 5.10 Å². The fourth-order valence-electron chi connectivity index (χ4n) is 6.84. The minimum absolute atomic E-state index is 0.0239. The number of Topliss-reactive ketones (excluding diaryl/α,β-unsaturated/α-hetero) is 1. The fourth-order valence-corrected chi connectivity index (χ4v) is 6.84. The number of nitrogens with zero attached hydrogens (tertiary/aromatic N) is 3. The lowest BCUT2D eigenvalue weighted by molar-refractivity contribution is -0.158. The van der Waals surface area contributed by atoms with Crippen LogP contribution in [0.3, 0.4) is 0 Å². The van der Waals surface area contributed by atoms with E-state index in [1.54, 1.807) is 18.5 Å². The maximum absolute atomic E-state index is 13.9. The molecule has 226 valence electrons. The van der Waals surface area contributed by atoms with Gasteiger partial charge >= 0.3 is 0 Å². The van der Waals surface area contributed by atoms with Gasteiger partial charge in [0.2, 0.25) is 0 Å². The van der Waals surface area contributed by atoms with E-state index in [1.807, 2.05) is 11.6 Å². The van der Waals surface area contributed by atoms with E-state index < -0.39 is 17.4 Å². The predicted molar refractivity (Wildman–Crippen MR) is 159 cm³/mol. The smallest absolute Gasteiger partial charge is 0.271 e. The second kappa shape index (κ2) is 12.4. The van der Waals surface area contributed by atoms with Crippen molar-refractivity contribution >= 4 is 40.0 Å². The first kappa shape index (κ1) is 28.6. The Morgan fingerprint density at radius 2 is 1.55 bits per heavy atom. The quantitative estimate of drug-likeness (QED) is 0.347. The molecule has 3 heterocycles. The lowest BCUT2D eigenvalue weighted by Gasteiger charge is -2.31. The van der Waals surface area contributed by atoms with E-state index in [2.05, 4.69) is 26.5 Å². The van der Waals surface area contributed by atoms with Gasteiger partial charge in [0.1, 0.15) is 5.78 Å². The maximum atomic E-state index is 13.9. The molecule has 2 aromatic heterocycles. The SMILES string of the molecule is CCn1ncc2c(NC3CCC(=O)CC3)c(C3=CC(C(=O)NC4CCCCC4)(C(=O)NC4CCCCC4)ON3)cnc21. The van der Waals surface area contributed by atoms with Gasteiger partial charge in [0.15, 0.2) is 5.65 Å². The molecule has 2 aromatic rings. The predicted octanol–water partition coefficient (Wildman–Crippen LogP) is 3.89. The Labute approximate surface area is 246 Å². The Hall–Kier alpha value is -3.47. The molecular weight excluding hydrogens is 534 g/mol. The highest BCUT2D eigenvalue weighted by Gasteiger charge is 2.51. The van der Waals surface area contributed by atoms with Crippen molar-refractivity contribution in [2.45, 2.75) is 127 Å². The summed E-state index contributed by atoms with van der Waals surface area (Å²) in [4.78, 5) is 50.5. The third-order valence-electron chi connectivity index (χ3n) is 9.37. The number of aromatic nitrogens is 3. The summed E-state index contributed by atoms with van der Waals surface area (Å²) >= 11 is 0. The standard InChI is InChI=1S/C31H43N7O4/c1-2-38-28-25(19-33-38)27(34-22-13-15-23(39)16-14-22)24(18-32-28)26-17-31(42-37-26,29(40)35-20-9-5-3-6-10-20)30(41)36-21-11-7-4-8-12-21/h17-22,37H,2-16H2,1H3,(H,32,34)(H,35,40)(H,36,41). The lowest BCUT2D eigenvalue weighted by atomic mass is 9.91. The molecule has 6 rings (SSSR count). The summed E-state index contributed by atoms with van der Waals surface area (Å²) in [6.07, 6.45) is 17.9. The zero-order chi connectivity index (χ0) is 29.1. The highest BCUT2D eigenvalue weighted by atomic mass is 16.7. The number of rotatable bonds is 8. The molecule has 0 unspecified atom stereocenters. The number of carbonyl (C=O) groups excluding carboxylic acids is 3. The molecule has 3 fully saturated rings. The first-order valence-corrected chi connectivity index (χ1v) is 15.9. The van der Waals surface area contributed by atoms with Gasteiger partial charge in [-0.1, -0.05) is 38.5 Å². The molecule has 0 spiro atoms. The van der Waals surface area contributed by atoms with Crippen LogP contribution >= 0.6 is 0 Å². The number of carbonyl (C=O) groups is 3. The molecule has 0 radical (unpaired) electrons. The first-order chi connectivity index (χ1) is 20.5. The normalized spacial score (nSPS) is 22.0. The third kappa shape index (κ3) is 5.75. The van der Waals surface area contributed by atoms with Crippen LogP contribution in [-0.2, 0) is 25.8 Å². The monoisotopic (exact) mass is 577 g/mol. The topological polar surface area (TPSA) is 139 Å². The van der Waals surface area contributed by atoms with E-state index in [1.165, 1.54) is 0 Å². The van der Waals surface area contributed by atoms with Crippen molar-refractivity contribution in [3.05, 3.63) is 24.0 Å². The molecule has 0 saturated heterocycles. The number of hydroxylamine groups is 1. The van der Waals surface area contributed by atoms with Crippen molar-refractivity contribution in [1.82, 2.24) is 30.9 Å². The van der Waals surface area contributed by atoms with E-state index in [0.29, 0.717) is 36.4 Å². The molecule has 3 saturated carbocycles. The number of hydrogen-bond donors (Lipinski definition) is 4.